The average Bonchev–Trinajstić information content (AvgIpc) is 3.24. The van der Waals surface area contributed by atoms with Crippen molar-refractivity contribution in [2.24, 2.45) is 0 Å². The number of allylic oxidation sites excluding steroid dienone is 6. The Bertz CT molecular complexity index is 1230. The Kier molecular flexibility index (Phi) is 38.4. The number of unbranched alkanes of at least 4 members (excludes halogenated alkanes) is 24. The fourth-order valence-corrected chi connectivity index (χ4v) is 7.97. The summed E-state index contributed by atoms with van der Waals surface area (Å²) in [6.45, 7) is 3.95. The highest BCUT2D eigenvalue weighted by molar-refractivity contribution is 7.80. The van der Waals surface area contributed by atoms with Crippen LogP contribution < -0.4 is 0 Å². The minimum Gasteiger partial charge on any atom is -0.457 e. The molecule has 1 aliphatic heterocycles. The molecule has 1 rings (SSSR count). The number of ether oxygens (including phenoxy) is 4. The zero-order valence-corrected chi connectivity index (χ0v) is 39.7. The van der Waals surface area contributed by atoms with Crippen LogP contribution in [-0.4, -0.2) is 97.5 Å². The van der Waals surface area contributed by atoms with E-state index in [0.717, 1.165) is 57.8 Å². The quantitative estimate of drug-likeness (QED) is 0.0197. The highest BCUT2D eigenvalue weighted by Gasteiger charge is 2.48. The molecule has 1 aliphatic rings. The topological polar surface area (TPSA) is 178 Å². The monoisotopic (exact) mass is 903 g/mol. The second-order valence-corrected chi connectivity index (χ2v) is 18.1. The molecule has 6 unspecified atom stereocenters. The molecule has 0 radical (unpaired) electrons. The highest BCUT2D eigenvalue weighted by atomic mass is 32.3. The van der Waals surface area contributed by atoms with Crippen molar-refractivity contribution in [2.45, 2.75) is 243 Å². The van der Waals surface area contributed by atoms with E-state index < -0.39 is 59.8 Å². The van der Waals surface area contributed by atoms with Crippen LogP contribution >= 0.6 is 0 Å². The van der Waals surface area contributed by atoms with Gasteiger partial charge in [-0.2, -0.15) is 8.42 Å². The Morgan fingerprint density at radius 1 is 0.613 bits per heavy atom. The molecule has 4 N–H and O–H groups in total. The summed E-state index contributed by atoms with van der Waals surface area (Å²) in [5, 5.41) is 30.7. The average molecular weight is 903 g/mol. The van der Waals surface area contributed by atoms with Crippen molar-refractivity contribution in [3.8, 4) is 0 Å². The third-order valence-corrected chi connectivity index (χ3v) is 11.7. The second-order valence-electron chi connectivity index (χ2n) is 17.0. The summed E-state index contributed by atoms with van der Waals surface area (Å²) in [6, 6.07) is 0. The lowest BCUT2D eigenvalue weighted by Crippen LogP contribution is -2.60. The number of rotatable bonds is 43. The molecule has 0 aromatic heterocycles. The van der Waals surface area contributed by atoms with Gasteiger partial charge in [0.2, 0.25) is 0 Å². The third kappa shape index (κ3) is 33.8. The van der Waals surface area contributed by atoms with Crippen LogP contribution in [0.5, 0.6) is 0 Å². The number of hydrogen-bond acceptors (Lipinski definition) is 11. The van der Waals surface area contributed by atoms with Gasteiger partial charge in [0.05, 0.1) is 19.8 Å². The standard InChI is InChI=1S/C49H90O12S/c1-3-5-7-9-11-13-15-17-19-21-22-23-24-26-28-30-32-34-36-38-45(51)59-43(42-58-49-47(53)48(61-62(54,55)56)46(52)44(40-50)60-49)41-57-39-37-35-33-31-29-27-25-20-18-16-14-12-10-8-6-4-2/h12,14,17-20,43-44,46-50,52-53H,3-11,13,15-16,21-42H2,1-2H3,(H,54,55,56)/b14-12-,19-17-,20-18-. The molecule has 6 atom stereocenters. The van der Waals surface area contributed by atoms with E-state index in [2.05, 4.69) is 54.5 Å². The number of esters is 1. The Labute approximate surface area is 377 Å². The molecule has 13 heteroatoms. The summed E-state index contributed by atoms with van der Waals surface area (Å²) in [5.41, 5.74) is 0. The van der Waals surface area contributed by atoms with E-state index in [9.17, 15) is 33.1 Å². The molecule has 0 aromatic carbocycles. The van der Waals surface area contributed by atoms with Crippen LogP contribution in [0.4, 0.5) is 0 Å². The highest BCUT2D eigenvalue weighted by Crippen LogP contribution is 2.26. The molecule has 1 heterocycles. The van der Waals surface area contributed by atoms with E-state index in [4.69, 9.17) is 18.9 Å². The van der Waals surface area contributed by atoms with Crippen molar-refractivity contribution in [1.82, 2.24) is 0 Å². The molecule has 0 spiro atoms. The fourth-order valence-electron chi connectivity index (χ4n) is 7.46. The van der Waals surface area contributed by atoms with Crippen molar-refractivity contribution in [2.75, 3.05) is 26.4 Å². The van der Waals surface area contributed by atoms with E-state index in [0.29, 0.717) is 13.0 Å². The SMILES string of the molecule is CCCCC/C=C\C/C=C\CCCCCCCCOCC(COC1OC(CO)C(O)C(OS(=O)(=O)O)C1O)OC(=O)CCCCCCCCCCC/C=C\CCCCCCCC. The van der Waals surface area contributed by atoms with Crippen LogP contribution in [0.25, 0.3) is 0 Å². The Hall–Kier alpha value is -1.68. The van der Waals surface area contributed by atoms with E-state index >= 15 is 0 Å². The van der Waals surface area contributed by atoms with Crippen molar-refractivity contribution in [1.29, 1.82) is 0 Å². The molecule has 364 valence electrons. The summed E-state index contributed by atoms with van der Waals surface area (Å²) in [4.78, 5) is 12.9. The van der Waals surface area contributed by atoms with Crippen LogP contribution in [0.15, 0.2) is 36.5 Å². The molecule has 1 fully saturated rings. The molecule has 0 aromatic rings. The zero-order chi connectivity index (χ0) is 45.4. The zero-order valence-electron chi connectivity index (χ0n) is 38.9. The van der Waals surface area contributed by atoms with Crippen molar-refractivity contribution in [3.63, 3.8) is 0 Å². The van der Waals surface area contributed by atoms with Gasteiger partial charge in [-0.25, -0.2) is 4.18 Å². The van der Waals surface area contributed by atoms with E-state index in [-0.39, 0.29) is 19.6 Å². The minimum absolute atomic E-state index is 0.0291. The first-order valence-electron chi connectivity index (χ1n) is 24.7. The van der Waals surface area contributed by atoms with Gasteiger partial charge in [-0.15, -0.1) is 0 Å². The molecule has 62 heavy (non-hydrogen) atoms. The van der Waals surface area contributed by atoms with Crippen molar-refractivity contribution >= 4 is 16.4 Å². The molecule has 0 amide bonds. The molecule has 1 saturated heterocycles. The fraction of sp³-hybridized carbons (Fsp3) is 0.857. The molecule has 12 nitrogen and oxygen atoms in total. The first kappa shape index (κ1) is 58.3. The normalized spacial score (nSPS) is 20.3. The molecule has 0 aliphatic carbocycles. The van der Waals surface area contributed by atoms with Gasteiger partial charge in [-0.05, 0) is 70.6 Å². The lowest BCUT2D eigenvalue weighted by atomic mass is 9.99. The van der Waals surface area contributed by atoms with Crippen LogP contribution in [-0.2, 0) is 38.3 Å². The maximum Gasteiger partial charge on any atom is 0.397 e. The van der Waals surface area contributed by atoms with Gasteiger partial charge in [-0.1, -0.05) is 166 Å². The first-order chi connectivity index (χ1) is 30.1. The lowest BCUT2D eigenvalue weighted by Gasteiger charge is -2.41. The first-order valence-corrected chi connectivity index (χ1v) is 26.1. The van der Waals surface area contributed by atoms with Crippen LogP contribution in [0, 0.1) is 0 Å². The van der Waals surface area contributed by atoms with Crippen molar-refractivity contribution < 1.29 is 56.2 Å². The van der Waals surface area contributed by atoms with Gasteiger partial charge in [0.1, 0.15) is 30.5 Å². The predicted molar refractivity (Wildman–Crippen MR) is 248 cm³/mol. The minimum atomic E-state index is -5.06. The van der Waals surface area contributed by atoms with Gasteiger partial charge in [-0.3, -0.25) is 9.35 Å². The summed E-state index contributed by atoms with van der Waals surface area (Å²) in [5.74, 6) is -0.404. The summed E-state index contributed by atoms with van der Waals surface area (Å²) in [6.07, 6.45) is 38.8. The third-order valence-electron chi connectivity index (χ3n) is 11.2. The number of carbonyl (C=O) groups excluding carboxylic acids is 1. The maximum absolute atomic E-state index is 12.9. The lowest BCUT2D eigenvalue weighted by molar-refractivity contribution is -0.301. The van der Waals surface area contributed by atoms with Crippen LogP contribution in [0.2, 0.25) is 0 Å². The van der Waals surface area contributed by atoms with Crippen molar-refractivity contribution in [3.05, 3.63) is 36.5 Å². The van der Waals surface area contributed by atoms with E-state index in [1.165, 1.54) is 122 Å². The summed E-state index contributed by atoms with van der Waals surface area (Å²) < 4.78 is 59.2. The number of carbonyl (C=O) groups is 1. The largest absolute Gasteiger partial charge is 0.457 e. The smallest absolute Gasteiger partial charge is 0.397 e. The van der Waals surface area contributed by atoms with Crippen LogP contribution in [0.3, 0.4) is 0 Å². The molecular weight excluding hydrogens is 813 g/mol. The Morgan fingerprint density at radius 2 is 1.06 bits per heavy atom. The number of hydrogen-bond donors (Lipinski definition) is 4. The van der Waals surface area contributed by atoms with E-state index in [1.54, 1.807) is 0 Å². The number of aliphatic hydroxyl groups excluding tert-OH is 3. The van der Waals surface area contributed by atoms with Gasteiger partial charge in [0.15, 0.2) is 6.29 Å². The van der Waals surface area contributed by atoms with Gasteiger partial charge in [0, 0.05) is 13.0 Å². The van der Waals surface area contributed by atoms with E-state index in [1.807, 2.05) is 0 Å². The summed E-state index contributed by atoms with van der Waals surface area (Å²) >= 11 is 0. The van der Waals surface area contributed by atoms with Crippen LogP contribution in [0.1, 0.15) is 206 Å². The van der Waals surface area contributed by atoms with Gasteiger partial charge < -0.3 is 34.3 Å². The maximum atomic E-state index is 12.9. The van der Waals surface area contributed by atoms with Gasteiger partial charge in [0.25, 0.3) is 0 Å². The molecule has 0 saturated carbocycles. The summed E-state index contributed by atoms with van der Waals surface area (Å²) in [7, 11) is -5.06. The Balaban J connectivity index is 2.39. The second kappa shape index (κ2) is 40.8. The molecule has 0 bridgehead atoms. The molecular formula is C49H90O12S. The predicted octanol–water partition coefficient (Wildman–Crippen LogP) is 11.0. The number of aliphatic hydroxyl groups is 3. The van der Waals surface area contributed by atoms with Gasteiger partial charge >= 0.3 is 16.4 Å². The Morgan fingerprint density at radius 3 is 1.58 bits per heavy atom.